The van der Waals surface area contributed by atoms with Crippen molar-refractivity contribution in [3.63, 3.8) is 0 Å². The third kappa shape index (κ3) is 4.13. The molecule has 1 amide bonds. The average Bonchev–Trinajstić information content (AvgIpc) is 3.25. The van der Waals surface area contributed by atoms with Crippen molar-refractivity contribution in [2.75, 3.05) is 25.0 Å². The molecule has 0 spiro atoms. The molecule has 0 radical (unpaired) electrons. The summed E-state index contributed by atoms with van der Waals surface area (Å²) in [5, 5.41) is 14.3. The van der Waals surface area contributed by atoms with Crippen LogP contribution in [0.1, 0.15) is 44.5 Å². The number of anilines is 1. The highest BCUT2D eigenvalue weighted by Gasteiger charge is 2.33. The monoisotopic (exact) mass is 406 g/mol. The SMILES string of the molecule is CCn1cc2c(N3CC[C@@H](N(C)C(=O)OC(C)(C)C)C3)cc(F)c(C(=O)O)c2n1. The van der Waals surface area contributed by atoms with Gasteiger partial charge in [0, 0.05) is 38.3 Å². The lowest BCUT2D eigenvalue weighted by Gasteiger charge is -2.29. The minimum atomic E-state index is -1.34. The minimum Gasteiger partial charge on any atom is -0.478 e. The molecular formula is C20H27FN4O4. The maximum Gasteiger partial charge on any atom is 0.410 e. The van der Waals surface area contributed by atoms with E-state index in [1.165, 1.54) is 6.07 Å². The number of amides is 1. The molecule has 1 N–H and O–H groups in total. The summed E-state index contributed by atoms with van der Waals surface area (Å²) in [6, 6.07) is 1.16. The summed E-state index contributed by atoms with van der Waals surface area (Å²) in [6.45, 7) is 8.96. The third-order valence-corrected chi connectivity index (χ3v) is 5.05. The molecule has 1 atom stereocenters. The summed E-state index contributed by atoms with van der Waals surface area (Å²) in [4.78, 5) is 27.4. The normalized spacial score (nSPS) is 17.0. The molecule has 9 heteroatoms. The van der Waals surface area contributed by atoms with Gasteiger partial charge in [-0.25, -0.2) is 14.0 Å². The standard InChI is InChI=1S/C20H27FN4O4/c1-6-25-11-13-15(9-14(21)16(18(26)27)17(13)22-25)24-8-7-12(10-24)23(5)19(28)29-20(2,3)4/h9,11-12H,6-8,10H2,1-5H3,(H,26,27)/t12-/m1/s1. The zero-order valence-corrected chi connectivity index (χ0v) is 17.4. The number of fused-ring (bicyclic) bond motifs is 1. The topological polar surface area (TPSA) is 87.9 Å². The Bertz CT molecular complexity index is 950. The van der Waals surface area contributed by atoms with Gasteiger partial charge >= 0.3 is 12.1 Å². The first-order valence-electron chi connectivity index (χ1n) is 9.65. The summed E-state index contributed by atoms with van der Waals surface area (Å²) in [6.07, 6.45) is 2.03. The van der Waals surface area contributed by atoms with Crippen molar-refractivity contribution >= 4 is 28.7 Å². The summed E-state index contributed by atoms with van der Waals surface area (Å²) in [5.74, 6) is -2.16. The molecule has 1 aromatic carbocycles. The van der Waals surface area contributed by atoms with Crippen LogP contribution in [0, 0.1) is 5.82 Å². The number of hydrogen-bond donors (Lipinski definition) is 1. The van der Waals surface area contributed by atoms with E-state index in [9.17, 15) is 19.1 Å². The van der Waals surface area contributed by atoms with Crippen LogP contribution in [0.25, 0.3) is 10.9 Å². The van der Waals surface area contributed by atoms with Gasteiger partial charge in [-0.15, -0.1) is 0 Å². The van der Waals surface area contributed by atoms with Gasteiger partial charge < -0.3 is 19.6 Å². The molecule has 1 aliphatic heterocycles. The quantitative estimate of drug-likeness (QED) is 0.838. The fourth-order valence-corrected chi connectivity index (χ4v) is 3.56. The lowest BCUT2D eigenvalue weighted by Crippen LogP contribution is -2.42. The largest absolute Gasteiger partial charge is 0.478 e. The molecule has 1 fully saturated rings. The van der Waals surface area contributed by atoms with Crippen molar-refractivity contribution in [1.82, 2.24) is 14.7 Å². The molecule has 1 saturated heterocycles. The van der Waals surface area contributed by atoms with E-state index in [0.717, 1.165) is 0 Å². The Balaban J connectivity index is 1.90. The number of benzene rings is 1. The molecule has 0 saturated carbocycles. The molecule has 1 aromatic heterocycles. The van der Waals surface area contributed by atoms with Gasteiger partial charge in [0.15, 0.2) is 0 Å². The number of rotatable bonds is 4. The molecule has 1 aliphatic rings. The van der Waals surface area contributed by atoms with Gasteiger partial charge in [0.05, 0.1) is 11.7 Å². The van der Waals surface area contributed by atoms with E-state index in [-0.39, 0.29) is 11.6 Å². The van der Waals surface area contributed by atoms with Gasteiger partial charge in [-0.3, -0.25) is 4.68 Å². The van der Waals surface area contributed by atoms with Gasteiger partial charge in [0.1, 0.15) is 22.5 Å². The second kappa shape index (κ2) is 7.53. The van der Waals surface area contributed by atoms with Crippen molar-refractivity contribution in [2.24, 2.45) is 0 Å². The number of likely N-dealkylation sites (N-methyl/N-ethyl adjacent to an activating group) is 1. The van der Waals surface area contributed by atoms with E-state index >= 15 is 0 Å². The van der Waals surface area contributed by atoms with Crippen molar-refractivity contribution < 1.29 is 23.8 Å². The first-order valence-corrected chi connectivity index (χ1v) is 9.65. The third-order valence-electron chi connectivity index (χ3n) is 5.05. The molecule has 2 heterocycles. The van der Waals surface area contributed by atoms with Gasteiger partial charge in [-0.05, 0) is 40.2 Å². The predicted octanol–water partition coefficient (Wildman–Crippen LogP) is 3.34. The smallest absolute Gasteiger partial charge is 0.410 e. The number of hydrogen-bond acceptors (Lipinski definition) is 5. The first kappa shape index (κ1) is 20.9. The molecule has 8 nitrogen and oxygen atoms in total. The van der Waals surface area contributed by atoms with E-state index in [4.69, 9.17) is 4.74 Å². The van der Waals surface area contributed by atoms with Gasteiger partial charge in [-0.1, -0.05) is 0 Å². The Hall–Kier alpha value is -2.84. The van der Waals surface area contributed by atoms with Crippen LogP contribution < -0.4 is 4.90 Å². The number of carbonyl (C=O) groups is 2. The Morgan fingerprint density at radius 3 is 2.69 bits per heavy atom. The maximum absolute atomic E-state index is 14.6. The average molecular weight is 406 g/mol. The summed E-state index contributed by atoms with van der Waals surface area (Å²) in [5.41, 5.74) is -0.279. The molecule has 3 rings (SSSR count). The molecule has 158 valence electrons. The van der Waals surface area contributed by atoms with Gasteiger partial charge in [0.25, 0.3) is 0 Å². The number of nitrogens with zero attached hydrogens (tertiary/aromatic N) is 4. The number of halogens is 1. The van der Waals surface area contributed by atoms with E-state index in [2.05, 4.69) is 5.10 Å². The number of carbonyl (C=O) groups excluding carboxylic acids is 1. The Morgan fingerprint density at radius 2 is 2.10 bits per heavy atom. The van der Waals surface area contributed by atoms with Crippen LogP contribution in [0.3, 0.4) is 0 Å². The second-order valence-corrected chi connectivity index (χ2v) is 8.28. The van der Waals surface area contributed by atoms with Crippen LogP contribution in [0.4, 0.5) is 14.9 Å². The van der Waals surface area contributed by atoms with E-state index < -0.39 is 29.0 Å². The van der Waals surface area contributed by atoms with Gasteiger partial charge in [0.2, 0.25) is 0 Å². The molecule has 0 bridgehead atoms. The predicted molar refractivity (Wildman–Crippen MR) is 107 cm³/mol. The van der Waals surface area contributed by atoms with Crippen molar-refractivity contribution in [1.29, 1.82) is 0 Å². The maximum atomic E-state index is 14.6. The molecular weight excluding hydrogens is 379 g/mol. The lowest BCUT2D eigenvalue weighted by molar-refractivity contribution is 0.0237. The molecule has 0 aliphatic carbocycles. The minimum absolute atomic E-state index is 0.0941. The Labute approximate surface area is 168 Å². The summed E-state index contributed by atoms with van der Waals surface area (Å²) in [7, 11) is 1.70. The van der Waals surface area contributed by atoms with E-state index in [1.54, 1.807) is 22.8 Å². The number of carboxylic acid groups (broad SMARTS) is 1. The summed E-state index contributed by atoms with van der Waals surface area (Å²) < 4.78 is 21.7. The van der Waals surface area contributed by atoms with Crippen LogP contribution in [-0.2, 0) is 11.3 Å². The highest BCUT2D eigenvalue weighted by Crippen LogP contribution is 2.34. The fraction of sp³-hybridized carbons (Fsp3) is 0.550. The fourth-order valence-electron chi connectivity index (χ4n) is 3.56. The first-order chi connectivity index (χ1) is 13.5. The molecule has 2 aromatic rings. The number of aromatic carboxylic acids is 1. The van der Waals surface area contributed by atoms with Crippen LogP contribution in [0.15, 0.2) is 12.3 Å². The second-order valence-electron chi connectivity index (χ2n) is 8.28. The highest BCUT2D eigenvalue weighted by atomic mass is 19.1. The molecule has 29 heavy (non-hydrogen) atoms. The molecule has 0 unspecified atom stereocenters. The summed E-state index contributed by atoms with van der Waals surface area (Å²) >= 11 is 0. The van der Waals surface area contributed by atoms with Gasteiger partial charge in [-0.2, -0.15) is 5.10 Å². The lowest BCUT2D eigenvalue weighted by atomic mass is 10.1. The van der Waals surface area contributed by atoms with E-state index in [1.807, 2.05) is 32.6 Å². The number of aryl methyl sites for hydroxylation is 1. The van der Waals surface area contributed by atoms with Crippen molar-refractivity contribution in [2.45, 2.75) is 52.3 Å². The Morgan fingerprint density at radius 1 is 1.41 bits per heavy atom. The van der Waals surface area contributed by atoms with Crippen LogP contribution >= 0.6 is 0 Å². The number of ether oxygens (including phenoxy) is 1. The zero-order valence-electron chi connectivity index (χ0n) is 17.4. The number of aromatic nitrogens is 2. The van der Waals surface area contributed by atoms with E-state index in [0.29, 0.717) is 37.1 Å². The zero-order chi connectivity index (χ0) is 21.5. The van der Waals surface area contributed by atoms with Crippen LogP contribution in [-0.4, -0.2) is 63.6 Å². The van der Waals surface area contributed by atoms with Crippen molar-refractivity contribution in [3.05, 3.63) is 23.6 Å². The Kier molecular flexibility index (Phi) is 5.42. The highest BCUT2D eigenvalue weighted by molar-refractivity contribution is 6.06. The van der Waals surface area contributed by atoms with Crippen LogP contribution in [0.5, 0.6) is 0 Å². The van der Waals surface area contributed by atoms with Crippen molar-refractivity contribution in [3.8, 4) is 0 Å². The number of carboxylic acids is 1. The van der Waals surface area contributed by atoms with Crippen LogP contribution in [0.2, 0.25) is 0 Å².